The minimum atomic E-state index is 0.936. The fourth-order valence-electron chi connectivity index (χ4n) is 2.57. The molecule has 3 aromatic rings. The van der Waals surface area contributed by atoms with Crippen molar-refractivity contribution in [3.63, 3.8) is 0 Å². The molecular formula is C21H19N3. The highest BCUT2D eigenvalue weighted by molar-refractivity contribution is 5.78. The minimum absolute atomic E-state index is 0.936. The van der Waals surface area contributed by atoms with E-state index in [0.717, 1.165) is 33.7 Å². The normalized spacial score (nSPS) is 11.8. The molecule has 24 heavy (non-hydrogen) atoms. The lowest BCUT2D eigenvalue weighted by Crippen LogP contribution is -1.93. The Morgan fingerprint density at radius 2 is 1.42 bits per heavy atom. The third-order valence-corrected chi connectivity index (χ3v) is 3.77. The van der Waals surface area contributed by atoms with Gasteiger partial charge in [-0.2, -0.15) is 0 Å². The summed E-state index contributed by atoms with van der Waals surface area (Å²) in [6, 6.07) is 12.2. The van der Waals surface area contributed by atoms with E-state index in [9.17, 15) is 0 Å². The number of pyridine rings is 3. The van der Waals surface area contributed by atoms with Gasteiger partial charge in [-0.15, -0.1) is 0 Å². The molecule has 118 valence electrons. The first-order valence-electron chi connectivity index (χ1n) is 7.94. The lowest BCUT2D eigenvalue weighted by atomic mass is 10.0. The monoisotopic (exact) mass is 313 g/mol. The quantitative estimate of drug-likeness (QED) is 0.623. The third-order valence-electron chi connectivity index (χ3n) is 3.77. The van der Waals surface area contributed by atoms with E-state index in [0.29, 0.717) is 0 Å². The minimum Gasteiger partial charge on any atom is -0.265 e. The maximum atomic E-state index is 4.86. The highest BCUT2D eigenvalue weighted by Crippen LogP contribution is 2.28. The maximum Gasteiger partial charge on any atom is 0.0716 e. The molecule has 0 bridgehead atoms. The number of rotatable bonds is 4. The first-order chi connectivity index (χ1) is 11.8. The molecule has 0 fully saturated rings. The summed E-state index contributed by atoms with van der Waals surface area (Å²) in [5, 5.41) is 0. The van der Waals surface area contributed by atoms with Crippen molar-refractivity contribution >= 4 is 5.57 Å². The number of nitrogens with zero attached hydrogens (tertiary/aromatic N) is 3. The van der Waals surface area contributed by atoms with Crippen molar-refractivity contribution in [3.05, 3.63) is 85.1 Å². The molecule has 0 N–H and O–H groups in total. The summed E-state index contributed by atoms with van der Waals surface area (Å²) in [5.41, 5.74) is 6.29. The predicted molar refractivity (Wildman–Crippen MR) is 99.2 cm³/mol. The highest BCUT2D eigenvalue weighted by Gasteiger charge is 2.08. The van der Waals surface area contributed by atoms with Gasteiger partial charge in [0.1, 0.15) is 0 Å². The molecule has 3 rings (SSSR count). The van der Waals surface area contributed by atoms with Crippen molar-refractivity contribution in [2.45, 2.75) is 13.8 Å². The second kappa shape index (κ2) is 7.47. The van der Waals surface area contributed by atoms with E-state index in [4.69, 9.17) is 4.98 Å². The fourth-order valence-corrected chi connectivity index (χ4v) is 2.57. The van der Waals surface area contributed by atoms with Crippen LogP contribution in [0.3, 0.4) is 0 Å². The summed E-state index contributed by atoms with van der Waals surface area (Å²) < 4.78 is 0. The van der Waals surface area contributed by atoms with Crippen LogP contribution in [0.4, 0.5) is 0 Å². The van der Waals surface area contributed by atoms with Crippen molar-refractivity contribution < 1.29 is 0 Å². The molecular weight excluding hydrogens is 294 g/mol. The molecule has 0 aliphatic heterocycles. The zero-order valence-corrected chi connectivity index (χ0v) is 13.8. The van der Waals surface area contributed by atoms with Crippen LogP contribution in [0.1, 0.15) is 19.5 Å². The molecule has 0 spiro atoms. The molecule has 0 aliphatic carbocycles. The van der Waals surface area contributed by atoms with Crippen LogP contribution in [-0.4, -0.2) is 15.0 Å². The van der Waals surface area contributed by atoms with Gasteiger partial charge in [-0.25, -0.2) is 4.98 Å². The summed E-state index contributed by atoms with van der Waals surface area (Å²) >= 11 is 0. The number of hydrogen-bond donors (Lipinski definition) is 0. The van der Waals surface area contributed by atoms with Crippen molar-refractivity contribution in [2.24, 2.45) is 0 Å². The van der Waals surface area contributed by atoms with E-state index in [2.05, 4.69) is 34.3 Å². The molecule has 0 unspecified atom stereocenters. The van der Waals surface area contributed by atoms with Gasteiger partial charge in [0, 0.05) is 30.4 Å². The Kier molecular flexibility index (Phi) is 4.92. The molecule has 0 saturated heterocycles. The van der Waals surface area contributed by atoms with Crippen LogP contribution < -0.4 is 0 Å². The van der Waals surface area contributed by atoms with Gasteiger partial charge >= 0.3 is 0 Å². The van der Waals surface area contributed by atoms with Gasteiger partial charge in [0.15, 0.2) is 0 Å². The largest absolute Gasteiger partial charge is 0.265 e. The lowest BCUT2D eigenvalue weighted by Gasteiger charge is -2.10. The average Bonchev–Trinajstić information content (AvgIpc) is 2.67. The summed E-state index contributed by atoms with van der Waals surface area (Å²) in [7, 11) is 0. The van der Waals surface area contributed by atoms with Crippen LogP contribution in [0, 0.1) is 0 Å². The zero-order valence-electron chi connectivity index (χ0n) is 13.8. The Morgan fingerprint density at radius 3 is 2.00 bits per heavy atom. The topological polar surface area (TPSA) is 38.7 Å². The van der Waals surface area contributed by atoms with Crippen LogP contribution in [0.15, 0.2) is 79.4 Å². The van der Waals surface area contributed by atoms with E-state index >= 15 is 0 Å². The molecule has 0 atom stereocenters. The molecule has 3 heteroatoms. The molecule has 0 amide bonds. The standard InChI is InChI=1S/C21H19N3/c1-3-5-16(4-2)20-14-19(17-6-10-22-11-7-17)15-21(24-20)18-8-12-23-13-9-18/h3-15H,1-2H3/b5-3-,16-4+. The van der Waals surface area contributed by atoms with Gasteiger partial charge in [0.25, 0.3) is 0 Å². The van der Waals surface area contributed by atoms with E-state index in [1.165, 1.54) is 0 Å². The van der Waals surface area contributed by atoms with Gasteiger partial charge in [-0.05, 0) is 66.9 Å². The van der Waals surface area contributed by atoms with Crippen LogP contribution in [0.2, 0.25) is 0 Å². The number of hydrogen-bond acceptors (Lipinski definition) is 3. The molecule has 0 aliphatic rings. The van der Waals surface area contributed by atoms with Crippen LogP contribution in [0.25, 0.3) is 28.0 Å². The number of allylic oxidation sites excluding steroid dienone is 4. The molecule has 3 heterocycles. The second-order valence-corrected chi connectivity index (χ2v) is 5.34. The van der Waals surface area contributed by atoms with Crippen molar-refractivity contribution in [2.75, 3.05) is 0 Å². The van der Waals surface area contributed by atoms with E-state index in [1.54, 1.807) is 12.4 Å². The Labute approximate surface area is 142 Å². The Hall–Kier alpha value is -3.07. The smallest absolute Gasteiger partial charge is 0.0716 e. The van der Waals surface area contributed by atoms with E-state index in [1.807, 2.05) is 56.6 Å². The molecule has 0 aromatic carbocycles. The molecule has 0 radical (unpaired) electrons. The van der Waals surface area contributed by atoms with Crippen molar-refractivity contribution in [1.29, 1.82) is 0 Å². The van der Waals surface area contributed by atoms with Crippen LogP contribution in [-0.2, 0) is 0 Å². The van der Waals surface area contributed by atoms with Crippen molar-refractivity contribution in [3.8, 4) is 22.4 Å². The SMILES string of the molecule is C/C=C\C(=C/C)c1cc(-c2ccncc2)cc(-c2ccncc2)n1. The summed E-state index contributed by atoms with van der Waals surface area (Å²) in [6.07, 6.45) is 13.4. The first-order valence-corrected chi connectivity index (χ1v) is 7.94. The summed E-state index contributed by atoms with van der Waals surface area (Å²) in [5.74, 6) is 0. The van der Waals surface area contributed by atoms with Crippen LogP contribution >= 0.6 is 0 Å². The number of aromatic nitrogens is 3. The van der Waals surface area contributed by atoms with Crippen molar-refractivity contribution in [1.82, 2.24) is 15.0 Å². The van der Waals surface area contributed by atoms with Gasteiger partial charge in [0.2, 0.25) is 0 Å². The summed E-state index contributed by atoms with van der Waals surface area (Å²) in [4.78, 5) is 13.1. The lowest BCUT2D eigenvalue weighted by molar-refractivity contribution is 1.26. The average molecular weight is 313 g/mol. The fraction of sp³-hybridized carbons (Fsp3) is 0.0952. The van der Waals surface area contributed by atoms with Gasteiger partial charge in [-0.1, -0.05) is 18.2 Å². The summed E-state index contributed by atoms with van der Waals surface area (Å²) in [6.45, 7) is 4.04. The van der Waals surface area contributed by atoms with Gasteiger partial charge in [-0.3, -0.25) is 9.97 Å². The molecule has 3 nitrogen and oxygen atoms in total. The second-order valence-electron chi connectivity index (χ2n) is 5.34. The first kappa shape index (κ1) is 15.8. The Bertz CT molecular complexity index is 808. The highest BCUT2D eigenvalue weighted by atomic mass is 14.7. The third kappa shape index (κ3) is 3.46. The molecule has 0 saturated carbocycles. The van der Waals surface area contributed by atoms with E-state index < -0.39 is 0 Å². The van der Waals surface area contributed by atoms with Crippen LogP contribution in [0.5, 0.6) is 0 Å². The Balaban J connectivity index is 2.20. The molecule has 3 aromatic heterocycles. The zero-order chi connectivity index (χ0) is 16.8. The Morgan fingerprint density at radius 1 is 0.792 bits per heavy atom. The maximum absolute atomic E-state index is 4.86. The van der Waals surface area contributed by atoms with E-state index in [-0.39, 0.29) is 0 Å². The predicted octanol–water partition coefficient (Wildman–Crippen LogP) is 5.19. The van der Waals surface area contributed by atoms with Gasteiger partial charge < -0.3 is 0 Å². The van der Waals surface area contributed by atoms with Gasteiger partial charge in [0.05, 0.1) is 11.4 Å².